The summed E-state index contributed by atoms with van der Waals surface area (Å²) in [6.45, 7) is 0. The van der Waals surface area contributed by atoms with Gasteiger partial charge in [0, 0.05) is 23.5 Å². The van der Waals surface area contributed by atoms with Gasteiger partial charge in [-0.25, -0.2) is 9.59 Å². The van der Waals surface area contributed by atoms with Gasteiger partial charge in [-0.3, -0.25) is 0 Å². The van der Waals surface area contributed by atoms with Crippen molar-refractivity contribution in [3.8, 4) is 11.1 Å². The molecule has 2 aromatic carbocycles. The number of amides is 1. The molecule has 3 aromatic rings. The molecule has 0 radical (unpaired) electrons. The number of hydrogen-bond donors (Lipinski definition) is 2. The maximum absolute atomic E-state index is 12.0. The number of carbonyl (C=O) groups is 2. The van der Waals surface area contributed by atoms with Crippen molar-refractivity contribution >= 4 is 23.0 Å². The number of esters is 1. The van der Waals surface area contributed by atoms with Gasteiger partial charge in [-0.15, -0.1) is 0 Å². The van der Waals surface area contributed by atoms with Crippen molar-refractivity contribution in [3.05, 3.63) is 60.3 Å². The van der Waals surface area contributed by atoms with Gasteiger partial charge in [-0.1, -0.05) is 36.4 Å². The molecule has 1 aromatic heterocycles. The molecule has 0 aliphatic rings. The lowest BCUT2D eigenvalue weighted by atomic mass is 10.00. The highest BCUT2D eigenvalue weighted by Crippen LogP contribution is 2.27. The van der Waals surface area contributed by atoms with Gasteiger partial charge in [-0.05, 0) is 28.8 Å². The number of fused-ring (bicyclic) bond motifs is 1. The first-order valence-corrected chi connectivity index (χ1v) is 8.20. The Morgan fingerprint density at radius 1 is 1.04 bits per heavy atom. The first kappa shape index (κ1) is 17.5. The number of nitrogens with one attached hydrogen (secondary N) is 2. The summed E-state index contributed by atoms with van der Waals surface area (Å²) >= 11 is 0. The summed E-state index contributed by atoms with van der Waals surface area (Å²) < 4.78 is 9.39. The number of rotatable bonds is 5. The molecule has 3 rings (SSSR count). The van der Waals surface area contributed by atoms with Gasteiger partial charge in [-0.2, -0.15) is 0 Å². The molecule has 6 nitrogen and oxygen atoms in total. The lowest BCUT2D eigenvalue weighted by Gasteiger charge is -2.15. The van der Waals surface area contributed by atoms with E-state index in [1.807, 2.05) is 48.7 Å². The van der Waals surface area contributed by atoms with Crippen LogP contribution in [0.4, 0.5) is 4.79 Å². The number of alkyl carbamates (subject to hydrolysis) is 1. The van der Waals surface area contributed by atoms with E-state index < -0.39 is 18.1 Å². The summed E-state index contributed by atoms with van der Waals surface area (Å²) in [7, 11) is 2.54. The third-order valence-corrected chi connectivity index (χ3v) is 4.26. The molecular formula is C20H20N2O4. The third kappa shape index (κ3) is 3.69. The first-order chi connectivity index (χ1) is 12.6. The van der Waals surface area contributed by atoms with E-state index in [9.17, 15) is 9.59 Å². The molecule has 0 unspecified atom stereocenters. The maximum Gasteiger partial charge on any atom is 0.407 e. The zero-order valence-electron chi connectivity index (χ0n) is 14.6. The van der Waals surface area contributed by atoms with Gasteiger partial charge >= 0.3 is 12.1 Å². The second kappa shape index (κ2) is 7.74. The van der Waals surface area contributed by atoms with E-state index in [0.717, 1.165) is 27.6 Å². The first-order valence-electron chi connectivity index (χ1n) is 8.20. The van der Waals surface area contributed by atoms with E-state index in [1.165, 1.54) is 14.2 Å². The van der Waals surface area contributed by atoms with Crippen LogP contribution in [0, 0.1) is 0 Å². The van der Waals surface area contributed by atoms with Gasteiger partial charge in [0.2, 0.25) is 0 Å². The number of aromatic amines is 1. The minimum absolute atomic E-state index is 0.292. The summed E-state index contributed by atoms with van der Waals surface area (Å²) in [5, 5.41) is 3.51. The summed E-state index contributed by atoms with van der Waals surface area (Å²) in [5.41, 5.74) is 4.05. The molecule has 0 aliphatic heterocycles. The minimum Gasteiger partial charge on any atom is -0.467 e. The van der Waals surface area contributed by atoms with Crippen LogP contribution in [0.15, 0.2) is 54.7 Å². The van der Waals surface area contributed by atoms with Crippen LogP contribution in [-0.4, -0.2) is 37.3 Å². The van der Waals surface area contributed by atoms with Gasteiger partial charge in [0.15, 0.2) is 0 Å². The van der Waals surface area contributed by atoms with Crippen molar-refractivity contribution in [1.82, 2.24) is 10.3 Å². The van der Waals surface area contributed by atoms with Crippen LogP contribution < -0.4 is 5.32 Å². The van der Waals surface area contributed by atoms with Gasteiger partial charge in [0.25, 0.3) is 0 Å². The molecule has 1 amide bonds. The number of methoxy groups -OCH3 is 2. The highest BCUT2D eigenvalue weighted by molar-refractivity contribution is 5.89. The molecular weight excluding hydrogens is 332 g/mol. The largest absolute Gasteiger partial charge is 0.467 e. The molecule has 0 saturated heterocycles. The average molecular weight is 352 g/mol. The summed E-state index contributed by atoms with van der Waals surface area (Å²) in [5.74, 6) is -0.524. The smallest absolute Gasteiger partial charge is 0.407 e. The molecule has 0 saturated carbocycles. The third-order valence-electron chi connectivity index (χ3n) is 4.26. The molecule has 6 heteroatoms. The van der Waals surface area contributed by atoms with Crippen LogP contribution in [0.1, 0.15) is 5.56 Å². The molecule has 2 N–H and O–H groups in total. The molecule has 0 aliphatic carbocycles. The monoisotopic (exact) mass is 352 g/mol. The second-order valence-corrected chi connectivity index (χ2v) is 5.86. The Morgan fingerprint density at radius 2 is 1.81 bits per heavy atom. The Balaban J connectivity index is 1.93. The Hall–Kier alpha value is -3.28. The molecule has 0 spiro atoms. The van der Waals surface area contributed by atoms with Crippen LogP contribution in [0.25, 0.3) is 22.0 Å². The normalized spacial score (nSPS) is 11.8. The van der Waals surface area contributed by atoms with Crippen LogP contribution in [0.3, 0.4) is 0 Å². The molecule has 0 fully saturated rings. The average Bonchev–Trinajstić information content (AvgIpc) is 3.09. The number of hydrogen-bond acceptors (Lipinski definition) is 4. The van der Waals surface area contributed by atoms with Crippen molar-refractivity contribution < 1.29 is 19.1 Å². The highest BCUT2D eigenvalue weighted by atomic mass is 16.5. The highest BCUT2D eigenvalue weighted by Gasteiger charge is 2.23. The van der Waals surface area contributed by atoms with Crippen molar-refractivity contribution in [1.29, 1.82) is 0 Å². The Morgan fingerprint density at radius 3 is 2.50 bits per heavy atom. The fraction of sp³-hybridized carbons (Fsp3) is 0.200. The number of carbonyl (C=O) groups excluding carboxylic acids is 2. The Labute approximate surface area is 151 Å². The molecule has 134 valence electrons. The Bertz CT molecular complexity index is 918. The number of ether oxygens (including phenoxy) is 2. The summed E-state index contributed by atoms with van der Waals surface area (Å²) in [6, 6.07) is 15.3. The van der Waals surface area contributed by atoms with E-state index in [1.54, 1.807) is 0 Å². The van der Waals surface area contributed by atoms with E-state index in [2.05, 4.69) is 21.1 Å². The predicted molar refractivity (Wildman–Crippen MR) is 98.8 cm³/mol. The van der Waals surface area contributed by atoms with E-state index in [4.69, 9.17) is 4.74 Å². The van der Waals surface area contributed by atoms with Gasteiger partial charge in [0.05, 0.1) is 14.2 Å². The topological polar surface area (TPSA) is 80.4 Å². The zero-order valence-corrected chi connectivity index (χ0v) is 14.6. The predicted octanol–water partition coefficient (Wildman–Crippen LogP) is 3.28. The van der Waals surface area contributed by atoms with Gasteiger partial charge < -0.3 is 19.8 Å². The van der Waals surface area contributed by atoms with Crippen molar-refractivity contribution in [2.45, 2.75) is 12.5 Å². The van der Waals surface area contributed by atoms with E-state index >= 15 is 0 Å². The minimum atomic E-state index is -0.827. The summed E-state index contributed by atoms with van der Waals surface area (Å²) in [6.07, 6.45) is 1.46. The molecule has 1 atom stereocenters. The Kier molecular flexibility index (Phi) is 5.22. The molecule has 26 heavy (non-hydrogen) atoms. The second-order valence-electron chi connectivity index (χ2n) is 5.86. The van der Waals surface area contributed by atoms with Gasteiger partial charge in [0.1, 0.15) is 6.04 Å². The number of H-pyrrole nitrogens is 1. The lowest BCUT2D eigenvalue weighted by molar-refractivity contribution is -0.142. The van der Waals surface area contributed by atoms with Crippen LogP contribution in [0.5, 0.6) is 0 Å². The lowest BCUT2D eigenvalue weighted by Crippen LogP contribution is -2.42. The van der Waals surface area contributed by atoms with Crippen LogP contribution in [0.2, 0.25) is 0 Å². The quantitative estimate of drug-likeness (QED) is 0.691. The van der Waals surface area contributed by atoms with Crippen LogP contribution >= 0.6 is 0 Å². The fourth-order valence-corrected chi connectivity index (χ4v) is 2.91. The van der Waals surface area contributed by atoms with Crippen LogP contribution in [-0.2, 0) is 20.7 Å². The summed E-state index contributed by atoms with van der Waals surface area (Å²) in [4.78, 5) is 26.7. The fourth-order valence-electron chi connectivity index (χ4n) is 2.91. The molecule has 1 heterocycles. The number of aromatic nitrogens is 1. The standard InChI is InChI=1S/C20H20N2O4/c1-25-19(23)18(22-20(24)26-2)11-15-12-21-17-9-8-14(10-16(15)17)13-6-4-3-5-7-13/h3-10,12,18,21H,11H2,1-2H3,(H,22,24)/t18-/m0/s1. The number of benzene rings is 2. The van der Waals surface area contributed by atoms with Crippen molar-refractivity contribution in [3.63, 3.8) is 0 Å². The SMILES string of the molecule is COC(=O)N[C@@H](Cc1c[nH]c2ccc(-c3ccccc3)cc12)C(=O)OC. The zero-order chi connectivity index (χ0) is 18.5. The van der Waals surface area contributed by atoms with Crippen molar-refractivity contribution in [2.24, 2.45) is 0 Å². The van der Waals surface area contributed by atoms with E-state index in [0.29, 0.717) is 6.42 Å². The van der Waals surface area contributed by atoms with Crippen molar-refractivity contribution in [2.75, 3.05) is 14.2 Å². The maximum atomic E-state index is 12.0. The van der Waals surface area contributed by atoms with E-state index in [-0.39, 0.29) is 0 Å². The molecule has 0 bridgehead atoms.